The van der Waals surface area contributed by atoms with Crippen LogP contribution < -0.4 is 4.74 Å². The summed E-state index contributed by atoms with van der Waals surface area (Å²) < 4.78 is 8.92. The maximum Gasteiger partial charge on any atom is 0.242 e. The van der Waals surface area contributed by atoms with Crippen molar-refractivity contribution >= 4 is 39.8 Å². The van der Waals surface area contributed by atoms with E-state index in [1.165, 1.54) is 0 Å². The number of hydrogen-bond donors (Lipinski definition) is 0. The van der Waals surface area contributed by atoms with Gasteiger partial charge in [0.15, 0.2) is 0 Å². The SMILES string of the molecule is ClCc1c(Oc2ccc(I)cc2)nc2ccccn12. The number of aromatic nitrogens is 2. The van der Waals surface area contributed by atoms with Gasteiger partial charge in [-0.2, -0.15) is 4.98 Å². The highest BCUT2D eigenvalue weighted by Gasteiger charge is 2.12. The van der Waals surface area contributed by atoms with E-state index in [1.807, 2.05) is 53.1 Å². The van der Waals surface area contributed by atoms with Crippen LogP contribution in [0.1, 0.15) is 5.69 Å². The Morgan fingerprint density at radius 2 is 1.95 bits per heavy atom. The fourth-order valence-corrected chi connectivity index (χ4v) is 2.45. The first-order valence-corrected chi connectivity index (χ1v) is 7.34. The second-order valence-electron chi connectivity index (χ2n) is 3.98. The first kappa shape index (κ1) is 12.7. The molecule has 3 rings (SSSR count). The van der Waals surface area contributed by atoms with Crippen molar-refractivity contribution in [1.82, 2.24) is 9.38 Å². The molecule has 96 valence electrons. The number of hydrogen-bond acceptors (Lipinski definition) is 2. The van der Waals surface area contributed by atoms with Crippen LogP contribution in [0.5, 0.6) is 11.6 Å². The van der Waals surface area contributed by atoms with Gasteiger partial charge in [-0.1, -0.05) is 6.07 Å². The summed E-state index contributed by atoms with van der Waals surface area (Å²) >= 11 is 8.26. The molecule has 0 aliphatic rings. The molecule has 1 aromatic carbocycles. The third-order valence-electron chi connectivity index (χ3n) is 2.75. The van der Waals surface area contributed by atoms with Crippen molar-refractivity contribution in [3.05, 3.63) is 57.9 Å². The second kappa shape index (κ2) is 5.38. The predicted octanol–water partition coefficient (Wildman–Crippen LogP) is 4.47. The summed E-state index contributed by atoms with van der Waals surface area (Å²) in [5.41, 5.74) is 1.69. The molecule has 2 heterocycles. The van der Waals surface area contributed by atoms with Gasteiger partial charge in [0, 0.05) is 9.77 Å². The highest BCUT2D eigenvalue weighted by molar-refractivity contribution is 14.1. The molecule has 5 heteroatoms. The quantitative estimate of drug-likeness (QED) is 0.492. The maximum absolute atomic E-state index is 6.00. The molecule has 3 nitrogen and oxygen atoms in total. The lowest BCUT2D eigenvalue weighted by Crippen LogP contribution is -1.91. The van der Waals surface area contributed by atoms with Gasteiger partial charge in [0.05, 0.1) is 5.88 Å². The van der Waals surface area contributed by atoms with Crippen LogP contribution in [-0.2, 0) is 5.88 Å². The summed E-state index contributed by atoms with van der Waals surface area (Å²) in [6.07, 6.45) is 1.93. The molecule has 0 N–H and O–H groups in total. The molecule has 0 fully saturated rings. The average molecular weight is 385 g/mol. The Hall–Kier alpha value is -1.27. The molecular formula is C14H10ClIN2O. The Balaban J connectivity index is 2.02. The molecule has 0 unspecified atom stereocenters. The summed E-state index contributed by atoms with van der Waals surface area (Å²) in [6, 6.07) is 13.6. The molecule has 0 saturated carbocycles. The third-order valence-corrected chi connectivity index (χ3v) is 3.72. The minimum atomic E-state index is 0.352. The Morgan fingerprint density at radius 3 is 2.68 bits per heavy atom. The zero-order valence-corrected chi connectivity index (χ0v) is 12.8. The second-order valence-corrected chi connectivity index (χ2v) is 5.49. The summed E-state index contributed by atoms with van der Waals surface area (Å²) in [4.78, 5) is 4.46. The Morgan fingerprint density at radius 1 is 1.16 bits per heavy atom. The van der Waals surface area contributed by atoms with Gasteiger partial charge in [0.2, 0.25) is 5.88 Å². The number of imidazole rings is 1. The lowest BCUT2D eigenvalue weighted by atomic mass is 10.3. The number of halogens is 2. The first-order chi connectivity index (χ1) is 9.28. The van der Waals surface area contributed by atoms with E-state index in [2.05, 4.69) is 27.6 Å². The van der Waals surface area contributed by atoms with Gasteiger partial charge < -0.3 is 4.74 Å². The molecule has 0 aliphatic heterocycles. The van der Waals surface area contributed by atoms with Gasteiger partial charge in [-0.3, -0.25) is 4.40 Å². The molecule has 0 spiro atoms. The average Bonchev–Trinajstić information content (AvgIpc) is 2.78. The molecule has 0 saturated heterocycles. The van der Waals surface area contributed by atoms with Crippen LogP contribution in [0.15, 0.2) is 48.7 Å². The lowest BCUT2D eigenvalue weighted by Gasteiger charge is -2.04. The van der Waals surface area contributed by atoms with Gasteiger partial charge >= 0.3 is 0 Å². The van der Waals surface area contributed by atoms with Crippen LogP contribution in [0.4, 0.5) is 0 Å². The van der Waals surface area contributed by atoms with Crippen LogP contribution in [0.25, 0.3) is 5.65 Å². The van der Waals surface area contributed by atoms with Crippen molar-refractivity contribution < 1.29 is 4.74 Å². The molecule has 0 atom stereocenters. The van der Waals surface area contributed by atoms with Crippen molar-refractivity contribution in [1.29, 1.82) is 0 Å². The molecule has 0 aliphatic carbocycles. The number of rotatable bonds is 3. The van der Waals surface area contributed by atoms with E-state index in [9.17, 15) is 0 Å². The lowest BCUT2D eigenvalue weighted by molar-refractivity contribution is 0.461. The van der Waals surface area contributed by atoms with E-state index in [0.717, 1.165) is 20.7 Å². The summed E-state index contributed by atoms with van der Waals surface area (Å²) in [5.74, 6) is 1.67. The summed E-state index contributed by atoms with van der Waals surface area (Å²) in [5, 5.41) is 0. The molecule has 2 aromatic heterocycles. The minimum absolute atomic E-state index is 0.352. The molecule has 3 aromatic rings. The number of fused-ring (bicyclic) bond motifs is 1. The van der Waals surface area contributed by atoms with E-state index in [0.29, 0.717) is 11.8 Å². The highest BCUT2D eigenvalue weighted by Crippen LogP contribution is 2.27. The fourth-order valence-electron chi connectivity index (χ4n) is 1.84. The number of pyridine rings is 1. The molecule has 19 heavy (non-hydrogen) atoms. The van der Waals surface area contributed by atoms with Gasteiger partial charge in [-0.15, -0.1) is 11.6 Å². The minimum Gasteiger partial charge on any atom is -0.437 e. The monoisotopic (exact) mass is 384 g/mol. The Bertz CT molecular complexity index is 709. The van der Waals surface area contributed by atoms with Gasteiger partial charge in [0.25, 0.3) is 0 Å². The molecule has 0 bridgehead atoms. The van der Waals surface area contributed by atoms with Gasteiger partial charge in [-0.05, 0) is 59.0 Å². The Kier molecular flexibility index (Phi) is 3.61. The maximum atomic E-state index is 6.00. The van der Waals surface area contributed by atoms with Crippen molar-refractivity contribution in [2.45, 2.75) is 5.88 Å². The van der Waals surface area contributed by atoms with Gasteiger partial charge in [0.1, 0.15) is 17.1 Å². The number of alkyl halides is 1. The van der Waals surface area contributed by atoms with Crippen molar-refractivity contribution in [3.63, 3.8) is 0 Å². The van der Waals surface area contributed by atoms with E-state index >= 15 is 0 Å². The predicted molar refractivity (Wildman–Crippen MR) is 84.0 cm³/mol. The summed E-state index contributed by atoms with van der Waals surface area (Å²) in [7, 11) is 0. The smallest absolute Gasteiger partial charge is 0.242 e. The van der Waals surface area contributed by atoms with Crippen molar-refractivity contribution in [2.75, 3.05) is 0 Å². The van der Waals surface area contributed by atoms with Crippen molar-refractivity contribution in [2.24, 2.45) is 0 Å². The fraction of sp³-hybridized carbons (Fsp3) is 0.0714. The molecule has 0 amide bonds. The zero-order chi connectivity index (χ0) is 13.2. The Labute approximate surface area is 129 Å². The number of ether oxygens (including phenoxy) is 1. The van der Waals surface area contributed by atoms with E-state index in [-0.39, 0.29) is 0 Å². The normalized spacial score (nSPS) is 10.8. The van der Waals surface area contributed by atoms with Crippen molar-refractivity contribution in [3.8, 4) is 11.6 Å². The van der Waals surface area contributed by atoms with Crippen LogP contribution in [0.2, 0.25) is 0 Å². The van der Waals surface area contributed by atoms with Crippen LogP contribution >= 0.6 is 34.2 Å². The molecule has 0 radical (unpaired) electrons. The van der Waals surface area contributed by atoms with E-state index in [4.69, 9.17) is 16.3 Å². The standard InChI is InChI=1S/C14H10ClIN2O/c15-9-12-14(17-13-3-1-2-8-18(12)13)19-11-6-4-10(16)5-7-11/h1-8H,9H2. The van der Waals surface area contributed by atoms with Crippen LogP contribution in [0.3, 0.4) is 0 Å². The first-order valence-electron chi connectivity index (χ1n) is 5.73. The largest absolute Gasteiger partial charge is 0.437 e. The van der Waals surface area contributed by atoms with E-state index < -0.39 is 0 Å². The summed E-state index contributed by atoms with van der Waals surface area (Å²) in [6.45, 7) is 0. The van der Waals surface area contributed by atoms with Crippen LogP contribution in [-0.4, -0.2) is 9.38 Å². The number of benzene rings is 1. The third kappa shape index (κ3) is 2.55. The van der Waals surface area contributed by atoms with Gasteiger partial charge in [-0.25, -0.2) is 0 Å². The highest BCUT2D eigenvalue weighted by atomic mass is 127. The molecular weight excluding hydrogens is 375 g/mol. The van der Waals surface area contributed by atoms with Crippen LogP contribution in [0, 0.1) is 3.57 Å². The number of nitrogens with zero attached hydrogens (tertiary/aromatic N) is 2. The topological polar surface area (TPSA) is 26.5 Å². The zero-order valence-electron chi connectivity index (χ0n) is 9.88. The van der Waals surface area contributed by atoms with E-state index in [1.54, 1.807) is 0 Å².